The maximum Gasteiger partial charge on any atom is 0.223 e. The highest BCUT2D eigenvalue weighted by Gasteiger charge is 2.29. The van der Waals surface area contributed by atoms with Gasteiger partial charge in [-0.05, 0) is 24.1 Å². The van der Waals surface area contributed by atoms with Crippen LogP contribution in [-0.2, 0) is 22.0 Å². The summed E-state index contributed by atoms with van der Waals surface area (Å²) in [7, 11) is 0.686. The molecule has 1 amide bonds. The largest absolute Gasteiger partial charge is 0.356 e. The van der Waals surface area contributed by atoms with E-state index in [1.165, 1.54) is 5.56 Å². The average Bonchev–Trinajstić information content (AvgIpc) is 3.15. The second-order valence-corrected chi connectivity index (χ2v) is 8.96. The van der Waals surface area contributed by atoms with E-state index in [1.807, 2.05) is 53.4 Å². The van der Waals surface area contributed by atoms with Crippen molar-refractivity contribution >= 4 is 46.6 Å². The number of likely N-dealkylation sites (tertiary alicyclic amines) is 1. The van der Waals surface area contributed by atoms with Crippen molar-refractivity contribution in [2.75, 3.05) is 39.0 Å². The van der Waals surface area contributed by atoms with E-state index in [2.05, 4.69) is 27.8 Å². The molecule has 0 spiro atoms. The first-order chi connectivity index (χ1) is 14.7. The first-order valence-corrected chi connectivity index (χ1v) is 11.7. The Balaban J connectivity index is 0.00000341. The van der Waals surface area contributed by atoms with Crippen molar-refractivity contribution in [3.05, 3.63) is 66.2 Å². The zero-order valence-electron chi connectivity index (χ0n) is 17.8. The zero-order chi connectivity index (χ0) is 21.2. The van der Waals surface area contributed by atoms with Gasteiger partial charge in [-0.2, -0.15) is 0 Å². The van der Waals surface area contributed by atoms with Crippen molar-refractivity contribution in [2.45, 2.75) is 17.7 Å². The Hall–Kier alpha value is -1.94. The predicted octanol–water partition coefficient (Wildman–Crippen LogP) is 2.67. The van der Waals surface area contributed by atoms with E-state index in [-0.39, 0.29) is 35.8 Å². The Labute approximate surface area is 204 Å². The quantitative estimate of drug-likeness (QED) is 0.284. The normalized spacial score (nSPS) is 17.2. The van der Waals surface area contributed by atoms with Crippen molar-refractivity contribution in [1.29, 1.82) is 0 Å². The molecule has 1 fully saturated rings. The van der Waals surface area contributed by atoms with Gasteiger partial charge in [0.1, 0.15) is 0 Å². The summed E-state index contributed by atoms with van der Waals surface area (Å²) in [6.45, 7) is 2.79. The predicted molar refractivity (Wildman–Crippen MR) is 137 cm³/mol. The SMILES string of the molecule is CN=C(NCCS(=O)c1ccccc1)NCC1CC(=O)N(CCc2ccccc2)C1.I. The van der Waals surface area contributed by atoms with E-state index < -0.39 is 10.8 Å². The smallest absolute Gasteiger partial charge is 0.223 e. The molecule has 2 aromatic rings. The molecule has 0 aromatic heterocycles. The minimum atomic E-state index is -1.03. The number of carbonyl (C=O) groups excluding carboxylic acids is 1. The van der Waals surface area contributed by atoms with E-state index >= 15 is 0 Å². The molecule has 1 heterocycles. The van der Waals surface area contributed by atoms with Crippen molar-refractivity contribution in [2.24, 2.45) is 10.9 Å². The number of hydrogen-bond acceptors (Lipinski definition) is 3. The van der Waals surface area contributed by atoms with Crippen LogP contribution in [-0.4, -0.2) is 60.0 Å². The number of carbonyl (C=O) groups is 1. The number of nitrogens with zero attached hydrogens (tertiary/aromatic N) is 2. The third-order valence-electron chi connectivity index (χ3n) is 5.18. The highest BCUT2D eigenvalue weighted by molar-refractivity contribution is 14.0. The molecule has 31 heavy (non-hydrogen) atoms. The van der Waals surface area contributed by atoms with Gasteiger partial charge in [-0.15, -0.1) is 24.0 Å². The number of nitrogens with one attached hydrogen (secondary N) is 2. The molecule has 0 saturated carbocycles. The number of guanidine groups is 1. The van der Waals surface area contributed by atoms with Crippen LogP contribution in [0.15, 0.2) is 70.6 Å². The summed E-state index contributed by atoms with van der Waals surface area (Å²) >= 11 is 0. The molecular weight excluding hydrogens is 523 g/mol. The summed E-state index contributed by atoms with van der Waals surface area (Å²) in [5.74, 6) is 1.68. The highest BCUT2D eigenvalue weighted by Crippen LogP contribution is 2.17. The molecule has 0 bridgehead atoms. The topological polar surface area (TPSA) is 73.8 Å². The Morgan fingerprint density at radius 1 is 1.10 bits per heavy atom. The van der Waals surface area contributed by atoms with Crippen LogP contribution in [0.5, 0.6) is 0 Å². The Morgan fingerprint density at radius 2 is 1.77 bits per heavy atom. The van der Waals surface area contributed by atoms with E-state index in [1.54, 1.807) is 7.05 Å². The van der Waals surface area contributed by atoms with Crippen LogP contribution >= 0.6 is 24.0 Å². The number of amides is 1. The number of halogens is 1. The lowest BCUT2D eigenvalue weighted by molar-refractivity contribution is -0.127. The van der Waals surface area contributed by atoms with Gasteiger partial charge >= 0.3 is 0 Å². The minimum Gasteiger partial charge on any atom is -0.356 e. The molecule has 0 radical (unpaired) electrons. The first-order valence-electron chi connectivity index (χ1n) is 10.4. The fraction of sp³-hybridized carbons (Fsp3) is 0.391. The number of aliphatic imine (C=N–C) groups is 1. The van der Waals surface area contributed by atoms with Gasteiger partial charge in [-0.25, -0.2) is 0 Å². The molecule has 1 saturated heterocycles. The van der Waals surface area contributed by atoms with Gasteiger partial charge < -0.3 is 15.5 Å². The van der Waals surface area contributed by atoms with E-state index in [4.69, 9.17) is 0 Å². The van der Waals surface area contributed by atoms with Crippen molar-refractivity contribution in [3.63, 3.8) is 0 Å². The Bertz CT molecular complexity index is 864. The van der Waals surface area contributed by atoms with Gasteiger partial charge in [0.15, 0.2) is 5.96 Å². The zero-order valence-corrected chi connectivity index (χ0v) is 21.0. The van der Waals surface area contributed by atoms with Crippen LogP contribution in [0, 0.1) is 5.92 Å². The highest BCUT2D eigenvalue weighted by atomic mass is 127. The Morgan fingerprint density at radius 3 is 2.45 bits per heavy atom. The van der Waals surface area contributed by atoms with Crippen LogP contribution in [0.3, 0.4) is 0 Å². The molecule has 1 aliphatic rings. The average molecular weight is 554 g/mol. The lowest BCUT2D eigenvalue weighted by Crippen LogP contribution is -2.41. The van der Waals surface area contributed by atoms with Crippen LogP contribution in [0.1, 0.15) is 12.0 Å². The standard InChI is InChI=1S/C23H30N4O2S.HI/c1-24-23(25-13-15-30(29)21-10-6-3-7-11-21)26-17-20-16-22(28)27(18-20)14-12-19-8-4-2-5-9-19;/h2-11,20H,12-18H2,1H3,(H2,24,25,26);1H. The van der Waals surface area contributed by atoms with E-state index in [0.717, 1.165) is 24.4 Å². The van der Waals surface area contributed by atoms with Gasteiger partial charge in [0.25, 0.3) is 0 Å². The van der Waals surface area contributed by atoms with Crippen molar-refractivity contribution in [1.82, 2.24) is 15.5 Å². The Kier molecular flexibility index (Phi) is 11.0. The third-order valence-corrected chi connectivity index (χ3v) is 6.55. The monoisotopic (exact) mass is 554 g/mol. The lowest BCUT2D eigenvalue weighted by Gasteiger charge is -2.18. The molecule has 2 N–H and O–H groups in total. The molecular formula is C23H31IN4O2S. The molecule has 8 heteroatoms. The maximum atomic E-state index is 12.3. The summed E-state index contributed by atoms with van der Waals surface area (Å²) in [6.07, 6.45) is 1.45. The van der Waals surface area contributed by atoms with Crippen LogP contribution in [0.4, 0.5) is 0 Å². The second-order valence-electron chi connectivity index (χ2n) is 7.39. The fourth-order valence-corrected chi connectivity index (χ4v) is 4.51. The fourth-order valence-electron chi connectivity index (χ4n) is 3.53. The van der Waals surface area contributed by atoms with E-state index in [9.17, 15) is 9.00 Å². The minimum absolute atomic E-state index is 0. The van der Waals surface area contributed by atoms with Crippen LogP contribution in [0.25, 0.3) is 0 Å². The van der Waals surface area contributed by atoms with Gasteiger partial charge in [0.2, 0.25) is 5.91 Å². The number of hydrogen-bond donors (Lipinski definition) is 2. The summed E-state index contributed by atoms with van der Waals surface area (Å²) in [5, 5.41) is 6.51. The molecule has 2 atom stereocenters. The second kappa shape index (κ2) is 13.5. The summed E-state index contributed by atoms with van der Waals surface area (Å²) in [6, 6.07) is 19.7. The summed E-state index contributed by atoms with van der Waals surface area (Å²) in [5.41, 5.74) is 1.25. The molecule has 6 nitrogen and oxygen atoms in total. The molecule has 168 valence electrons. The summed E-state index contributed by atoms with van der Waals surface area (Å²) < 4.78 is 12.3. The van der Waals surface area contributed by atoms with Crippen LogP contribution in [0.2, 0.25) is 0 Å². The number of benzene rings is 2. The number of rotatable bonds is 9. The lowest BCUT2D eigenvalue weighted by atomic mass is 10.1. The van der Waals surface area contributed by atoms with Gasteiger partial charge in [0.05, 0.1) is 10.8 Å². The third kappa shape index (κ3) is 8.25. The van der Waals surface area contributed by atoms with Gasteiger partial charge in [-0.3, -0.25) is 14.0 Å². The van der Waals surface area contributed by atoms with Crippen molar-refractivity contribution in [3.8, 4) is 0 Å². The van der Waals surface area contributed by atoms with Gasteiger partial charge in [0, 0.05) is 56.2 Å². The maximum absolute atomic E-state index is 12.3. The van der Waals surface area contributed by atoms with Crippen molar-refractivity contribution < 1.29 is 9.00 Å². The molecule has 1 aliphatic heterocycles. The molecule has 2 aromatic carbocycles. The van der Waals surface area contributed by atoms with E-state index in [0.29, 0.717) is 31.2 Å². The molecule has 3 rings (SSSR count). The molecule has 0 aliphatic carbocycles. The first kappa shape index (κ1) is 25.3. The summed E-state index contributed by atoms with van der Waals surface area (Å²) in [4.78, 5) is 19.3. The molecule has 2 unspecified atom stereocenters. The van der Waals surface area contributed by atoms with Crippen LogP contribution < -0.4 is 10.6 Å². The van der Waals surface area contributed by atoms with Gasteiger partial charge in [-0.1, -0.05) is 48.5 Å².